The molecule has 0 bridgehead atoms. The van der Waals surface area contributed by atoms with Gasteiger partial charge >= 0.3 is 0 Å². The molecule has 0 radical (unpaired) electrons. The highest BCUT2D eigenvalue weighted by Crippen LogP contribution is 2.00. The van der Waals surface area contributed by atoms with Crippen LogP contribution in [-0.4, -0.2) is 17.4 Å². The molecule has 1 aromatic rings. The molecule has 1 aromatic heterocycles. The summed E-state index contributed by atoms with van der Waals surface area (Å²) in [6.45, 7) is 4.27. The molecule has 0 aliphatic heterocycles. The molecule has 1 N–H and O–H groups in total. The second kappa shape index (κ2) is 5.37. The summed E-state index contributed by atoms with van der Waals surface area (Å²) in [4.78, 5) is 15.1. The third kappa shape index (κ3) is 3.56. The normalized spacial score (nSPS) is 9.86. The van der Waals surface area contributed by atoms with Crippen molar-refractivity contribution in [3.05, 3.63) is 29.6 Å². The van der Waals surface area contributed by atoms with Gasteiger partial charge in [-0.3, -0.25) is 9.78 Å². The molecule has 3 nitrogen and oxygen atoms in total. The van der Waals surface area contributed by atoms with Gasteiger partial charge in [0.25, 0.3) is 0 Å². The lowest BCUT2D eigenvalue weighted by atomic mass is 10.2. The SMILES string of the molecule is CCc1cccc(CCNC(C)=O)n1. The average molecular weight is 192 g/mol. The summed E-state index contributed by atoms with van der Waals surface area (Å²) in [5, 5.41) is 2.75. The van der Waals surface area contributed by atoms with Gasteiger partial charge in [0, 0.05) is 31.3 Å². The Hall–Kier alpha value is -1.38. The first-order valence-electron chi connectivity index (χ1n) is 4.91. The zero-order valence-corrected chi connectivity index (χ0v) is 8.71. The van der Waals surface area contributed by atoms with Gasteiger partial charge in [-0.15, -0.1) is 0 Å². The summed E-state index contributed by atoms with van der Waals surface area (Å²) in [5.74, 6) is 0.0108. The van der Waals surface area contributed by atoms with E-state index >= 15 is 0 Å². The minimum absolute atomic E-state index is 0.0108. The van der Waals surface area contributed by atoms with Gasteiger partial charge < -0.3 is 5.32 Å². The molecule has 0 atom stereocenters. The molecule has 0 spiro atoms. The van der Waals surface area contributed by atoms with Gasteiger partial charge in [0.05, 0.1) is 0 Å². The van der Waals surface area contributed by atoms with Crippen molar-refractivity contribution in [3.8, 4) is 0 Å². The lowest BCUT2D eigenvalue weighted by Gasteiger charge is -2.03. The summed E-state index contributed by atoms with van der Waals surface area (Å²) in [6, 6.07) is 6.01. The highest BCUT2D eigenvalue weighted by atomic mass is 16.1. The molecule has 1 amide bonds. The van der Waals surface area contributed by atoms with Gasteiger partial charge in [-0.2, -0.15) is 0 Å². The van der Waals surface area contributed by atoms with Crippen LogP contribution in [0.15, 0.2) is 18.2 Å². The van der Waals surface area contributed by atoms with Gasteiger partial charge in [0.1, 0.15) is 0 Å². The van der Waals surface area contributed by atoms with E-state index in [0.717, 1.165) is 24.2 Å². The number of hydrogen-bond donors (Lipinski definition) is 1. The number of amides is 1. The number of nitrogens with zero attached hydrogens (tertiary/aromatic N) is 1. The number of carbonyl (C=O) groups excluding carboxylic acids is 1. The highest BCUT2D eigenvalue weighted by molar-refractivity contribution is 5.72. The van der Waals surface area contributed by atoms with Crippen LogP contribution in [0.1, 0.15) is 25.2 Å². The molecule has 3 heteroatoms. The molecule has 0 aliphatic rings. The summed E-state index contributed by atoms with van der Waals surface area (Å²) in [5.41, 5.74) is 2.14. The molecular formula is C11H16N2O. The molecule has 0 saturated carbocycles. The number of hydrogen-bond acceptors (Lipinski definition) is 2. The lowest BCUT2D eigenvalue weighted by Crippen LogP contribution is -2.22. The van der Waals surface area contributed by atoms with Gasteiger partial charge in [-0.1, -0.05) is 13.0 Å². The van der Waals surface area contributed by atoms with Gasteiger partial charge in [0.2, 0.25) is 5.91 Å². The average Bonchev–Trinajstić information content (AvgIpc) is 2.18. The first-order chi connectivity index (χ1) is 6.72. The van der Waals surface area contributed by atoms with Crippen LogP contribution in [0.5, 0.6) is 0 Å². The van der Waals surface area contributed by atoms with Crippen molar-refractivity contribution in [1.29, 1.82) is 0 Å². The molecule has 76 valence electrons. The van der Waals surface area contributed by atoms with E-state index in [2.05, 4.69) is 17.2 Å². The topological polar surface area (TPSA) is 42.0 Å². The fraction of sp³-hybridized carbons (Fsp3) is 0.455. The van der Waals surface area contributed by atoms with E-state index in [1.807, 2.05) is 18.2 Å². The zero-order chi connectivity index (χ0) is 10.4. The van der Waals surface area contributed by atoms with E-state index in [-0.39, 0.29) is 5.91 Å². The van der Waals surface area contributed by atoms with Gasteiger partial charge in [0.15, 0.2) is 0 Å². The number of nitrogens with one attached hydrogen (secondary N) is 1. The number of aryl methyl sites for hydroxylation is 1. The molecule has 1 heterocycles. The largest absolute Gasteiger partial charge is 0.356 e. The zero-order valence-electron chi connectivity index (χ0n) is 8.71. The van der Waals surface area contributed by atoms with Crippen LogP contribution in [-0.2, 0) is 17.6 Å². The molecule has 0 fully saturated rings. The van der Waals surface area contributed by atoms with Crippen molar-refractivity contribution < 1.29 is 4.79 Å². The Kier molecular flexibility index (Phi) is 4.11. The van der Waals surface area contributed by atoms with E-state index < -0.39 is 0 Å². The quantitative estimate of drug-likeness (QED) is 0.781. The van der Waals surface area contributed by atoms with E-state index in [1.165, 1.54) is 6.92 Å². The third-order valence-electron chi connectivity index (χ3n) is 1.98. The Bertz CT molecular complexity index is 310. The van der Waals surface area contributed by atoms with Crippen molar-refractivity contribution in [2.24, 2.45) is 0 Å². The highest BCUT2D eigenvalue weighted by Gasteiger charge is 1.97. The molecule has 14 heavy (non-hydrogen) atoms. The smallest absolute Gasteiger partial charge is 0.216 e. The number of rotatable bonds is 4. The fourth-order valence-corrected chi connectivity index (χ4v) is 1.23. The molecule has 0 aliphatic carbocycles. The van der Waals surface area contributed by atoms with Crippen LogP contribution in [0.4, 0.5) is 0 Å². The van der Waals surface area contributed by atoms with Crippen LogP contribution in [0.25, 0.3) is 0 Å². The third-order valence-corrected chi connectivity index (χ3v) is 1.98. The predicted molar refractivity (Wildman–Crippen MR) is 56.0 cm³/mol. The van der Waals surface area contributed by atoms with E-state index in [1.54, 1.807) is 0 Å². The molecule has 0 aromatic carbocycles. The Labute approximate surface area is 84.6 Å². The van der Waals surface area contributed by atoms with Crippen molar-refractivity contribution in [3.63, 3.8) is 0 Å². The number of carbonyl (C=O) groups is 1. The minimum atomic E-state index is 0.0108. The Balaban J connectivity index is 2.46. The Morgan fingerprint density at radius 2 is 2.14 bits per heavy atom. The first-order valence-corrected chi connectivity index (χ1v) is 4.91. The predicted octanol–water partition coefficient (Wildman–Crippen LogP) is 1.32. The second-order valence-electron chi connectivity index (χ2n) is 3.21. The maximum atomic E-state index is 10.6. The van der Waals surface area contributed by atoms with Crippen molar-refractivity contribution in [2.45, 2.75) is 26.7 Å². The Morgan fingerprint density at radius 3 is 2.79 bits per heavy atom. The van der Waals surface area contributed by atoms with E-state index in [0.29, 0.717) is 6.54 Å². The Morgan fingerprint density at radius 1 is 1.43 bits per heavy atom. The van der Waals surface area contributed by atoms with E-state index in [9.17, 15) is 4.79 Å². The van der Waals surface area contributed by atoms with Gasteiger partial charge in [-0.25, -0.2) is 0 Å². The molecular weight excluding hydrogens is 176 g/mol. The summed E-state index contributed by atoms with van der Waals surface area (Å²) in [6.07, 6.45) is 1.75. The van der Waals surface area contributed by atoms with Crippen LogP contribution < -0.4 is 5.32 Å². The second-order valence-corrected chi connectivity index (χ2v) is 3.21. The van der Waals surface area contributed by atoms with Crippen LogP contribution in [0.2, 0.25) is 0 Å². The maximum Gasteiger partial charge on any atom is 0.216 e. The molecule has 0 unspecified atom stereocenters. The van der Waals surface area contributed by atoms with Crippen LogP contribution >= 0.6 is 0 Å². The minimum Gasteiger partial charge on any atom is -0.356 e. The molecule has 1 rings (SSSR count). The summed E-state index contributed by atoms with van der Waals surface area (Å²) in [7, 11) is 0. The summed E-state index contributed by atoms with van der Waals surface area (Å²) >= 11 is 0. The van der Waals surface area contributed by atoms with Gasteiger partial charge in [-0.05, 0) is 18.6 Å². The van der Waals surface area contributed by atoms with E-state index in [4.69, 9.17) is 0 Å². The van der Waals surface area contributed by atoms with Crippen LogP contribution in [0, 0.1) is 0 Å². The van der Waals surface area contributed by atoms with Crippen molar-refractivity contribution in [1.82, 2.24) is 10.3 Å². The number of pyridine rings is 1. The summed E-state index contributed by atoms with van der Waals surface area (Å²) < 4.78 is 0. The monoisotopic (exact) mass is 192 g/mol. The standard InChI is InChI=1S/C11H16N2O/c1-3-10-5-4-6-11(13-10)7-8-12-9(2)14/h4-6H,3,7-8H2,1-2H3,(H,12,14). The number of aromatic nitrogens is 1. The lowest BCUT2D eigenvalue weighted by molar-refractivity contribution is -0.118. The first kappa shape index (κ1) is 10.7. The van der Waals surface area contributed by atoms with Crippen molar-refractivity contribution in [2.75, 3.05) is 6.54 Å². The molecule has 0 saturated heterocycles. The van der Waals surface area contributed by atoms with Crippen molar-refractivity contribution >= 4 is 5.91 Å². The fourth-order valence-electron chi connectivity index (χ4n) is 1.23. The maximum absolute atomic E-state index is 10.6. The van der Waals surface area contributed by atoms with Crippen LogP contribution in [0.3, 0.4) is 0 Å².